The maximum Gasteiger partial charge on any atom is 0.193 e. The summed E-state index contributed by atoms with van der Waals surface area (Å²) in [5.41, 5.74) is 3.08. The molecule has 2 nitrogen and oxygen atoms in total. The molecule has 3 heteroatoms. The van der Waals surface area contributed by atoms with E-state index in [1.54, 1.807) is 0 Å². The van der Waals surface area contributed by atoms with Crippen molar-refractivity contribution in [3.8, 4) is 0 Å². The molecule has 22 heavy (non-hydrogen) atoms. The van der Waals surface area contributed by atoms with Crippen LogP contribution in [0.4, 0.5) is 11.4 Å². The lowest BCUT2D eigenvalue weighted by molar-refractivity contribution is 0.103. The van der Waals surface area contributed by atoms with Gasteiger partial charge in [0.2, 0.25) is 0 Å². The van der Waals surface area contributed by atoms with E-state index in [-0.39, 0.29) is 5.78 Å². The highest BCUT2D eigenvalue weighted by atomic mass is 35.5. The molecule has 0 aromatic heterocycles. The van der Waals surface area contributed by atoms with Gasteiger partial charge < -0.3 is 5.32 Å². The van der Waals surface area contributed by atoms with Crippen molar-refractivity contribution in [3.05, 3.63) is 95.0 Å². The standard InChI is InChI=1S/C19H14ClNO/c20-17-8-4-5-9-18(17)21-16-12-10-15(11-13-16)19(22)14-6-2-1-3-7-14/h1-13,21H. The van der Waals surface area contributed by atoms with Crippen LogP contribution in [-0.4, -0.2) is 5.78 Å². The number of carbonyl (C=O) groups is 1. The number of ketones is 1. The number of benzene rings is 3. The van der Waals surface area contributed by atoms with E-state index < -0.39 is 0 Å². The fraction of sp³-hybridized carbons (Fsp3) is 0. The first-order valence-corrected chi connectivity index (χ1v) is 7.33. The van der Waals surface area contributed by atoms with Crippen molar-refractivity contribution < 1.29 is 4.79 Å². The van der Waals surface area contributed by atoms with E-state index in [1.165, 1.54) is 0 Å². The summed E-state index contributed by atoms with van der Waals surface area (Å²) in [6.45, 7) is 0. The lowest BCUT2D eigenvalue weighted by Gasteiger charge is -2.09. The molecule has 0 radical (unpaired) electrons. The number of nitrogens with one attached hydrogen (secondary N) is 1. The summed E-state index contributed by atoms with van der Waals surface area (Å²) in [5.74, 6) is 0.0184. The number of rotatable bonds is 4. The largest absolute Gasteiger partial charge is 0.354 e. The van der Waals surface area contributed by atoms with Gasteiger partial charge in [-0.05, 0) is 36.4 Å². The van der Waals surface area contributed by atoms with Gasteiger partial charge in [-0.15, -0.1) is 0 Å². The van der Waals surface area contributed by atoms with Crippen LogP contribution in [0.3, 0.4) is 0 Å². The minimum atomic E-state index is 0.0184. The Kier molecular flexibility index (Phi) is 4.22. The molecule has 0 fully saturated rings. The Morgan fingerprint density at radius 1 is 0.727 bits per heavy atom. The normalized spacial score (nSPS) is 10.2. The third-order valence-corrected chi connectivity index (χ3v) is 3.67. The molecule has 0 bridgehead atoms. The number of halogens is 1. The average molecular weight is 308 g/mol. The third kappa shape index (κ3) is 3.18. The van der Waals surface area contributed by atoms with Crippen LogP contribution in [0.5, 0.6) is 0 Å². The van der Waals surface area contributed by atoms with Gasteiger partial charge in [-0.3, -0.25) is 4.79 Å². The number of carbonyl (C=O) groups excluding carboxylic acids is 1. The second-order valence-corrected chi connectivity index (χ2v) is 5.28. The van der Waals surface area contributed by atoms with Gasteiger partial charge in [-0.2, -0.15) is 0 Å². The Morgan fingerprint density at radius 2 is 1.32 bits per heavy atom. The summed E-state index contributed by atoms with van der Waals surface area (Å²) in [6.07, 6.45) is 0. The van der Waals surface area contributed by atoms with E-state index in [9.17, 15) is 4.79 Å². The van der Waals surface area contributed by atoms with Gasteiger partial charge in [0, 0.05) is 16.8 Å². The second-order valence-electron chi connectivity index (χ2n) is 4.88. The molecule has 0 saturated carbocycles. The van der Waals surface area contributed by atoms with E-state index in [0.717, 1.165) is 11.4 Å². The fourth-order valence-electron chi connectivity index (χ4n) is 2.18. The molecular formula is C19H14ClNO. The van der Waals surface area contributed by atoms with Crippen molar-refractivity contribution >= 4 is 28.8 Å². The fourth-order valence-corrected chi connectivity index (χ4v) is 2.36. The summed E-state index contributed by atoms with van der Waals surface area (Å²) in [6, 6.07) is 24.2. The highest BCUT2D eigenvalue weighted by molar-refractivity contribution is 6.33. The van der Waals surface area contributed by atoms with E-state index in [1.807, 2.05) is 78.9 Å². The quantitative estimate of drug-likeness (QED) is 0.661. The molecule has 3 rings (SSSR count). The zero-order chi connectivity index (χ0) is 15.4. The minimum absolute atomic E-state index is 0.0184. The van der Waals surface area contributed by atoms with Gasteiger partial charge in [0.25, 0.3) is 0 Å². The van der Waals surface area contributed by atoms with Gasteiger partial charge in [-0.1, -0.05) is 54.1 Å². The average Bonchev–Trinajstić information content (AvgIpc) is 2.58. The molecule has 0 amide bonds. The molecule has 0 aliphatic rings. The van der Waals surface area contributed by atoms with E-state index in [4.69, 9.17) is 11.6 Å². The Morgan fingerprint density at radius 3 is 2.00 bits per heavy atom. The molecule has 0 unspecified atom stereocenters. The highest BCUT2D eigenvalue weighted by Crippen LogP contribution is 2.25. The molecule has 0 spiro atoms. The summed E-state index contributed by atoms with van der Waals surface area (Å²) in [7, 11) is 0. The summed E-state index contributed by atoms with van der Waals surface area (Å²) in [5, 5.41) is 3.89. The third-order valence-electron chi connectivity index (χ3n) is 3.34. The predicted molar refractivity (Wildman–Crippen MR) is 91.1 cm³/mol. The van der Waals surface area contributed by atoms with Crippen LogP contribution in [0.15, 0.2) is 78.9 Å². The number of hydrogen-bond acceptors (Lipinski definition) is 2. The van der Waals surface area contributed by atoms with Crippen molar-refractivity contribution in [1.82, 2.24) is 0 Å². The second kappa shape index (κ2) is 6.46. The number of para-hydroxylation sites is 1. The molecule has 0 aliphatic heterocycles. The first-order valence-electron chi connectivity index (χ1n) is 6.95. The molecule has 0 aliphatic carbocycles. The molecule has 3 aromatic rings. The van der Waals surface area contributed by atoms with Crippen LogP contribution >= 0.6 is 11.6 Å². The Bertz CT molecular complexity index is 782. The summed E-state index contributed by atoms with van der Waals surface area (Å²) < 4.78 is 0. The lowest BCUT2D eigenvalue weighted by atomic mass is 10.0. The minimum Gasteiger partial charge on any atom is -0.354 e. The van der Waals surface area contributed by atoms with E-state index >= 15 is 0 Å². The predicted octanol–water partition coefficient (Wildman–Crippen LogP) is 5.31. The van der Waals surface area contributed by atoms with Crippen molar-refractivity contribution in [1.29, 1.82) is 0 Å². The number of hydrogen-bond donors (Lipinski definition) is 1. The SMILES string of the molecule is O=C(c1ccccc1)c1ccc(Nc2ccccc2Cl)cc1. The zero-order valence-corrected chi connectivity index (χ0v) is 12.5. The Hall–Kier alpha value is -2.58. The Balaban J connectivity index is 1.79. The van der Waals surface area contributed by atoms with Crippen molar-refractivity contribution in [2.45, 2.75) is 0 Å². The molecule has 108 valence electrons. The highest BCUT2D eigenvalue weighted by Gasteiger charge is 2.08. The van der Waals surface area contributed by atoms with E-state index in [2.05, 4.69) is 5.32 Å². The molecule has 1 N–H and O–H groups in total. The molecule has 0 atom stereocenters. The van der Waals surface area contributed by atoms with Crippen molar-refractivity contribution in [2.24, 2.45) is 0 Å². The molecule has 3 aromatic carbocycles. The zero-order valence-electron chi connectivity index (χ0n) is 11.8. The molecular weight excluding hydrogens is 294 g/mol. The van der Waals surface area contributed by atoms with Crippen LogP contribution in [-0.2, 0) is 0 Å². The van der Waals surface area contributed by atoms with Crippen LogP contribution in [0.1, 0.15) is 15.9 Å². The van der Waals surface area contributed by atoms with Crippen LogP contribution in [0.25, 0.3) is 0 Å². The monoisotopic (exact) mass is 307 g/mol. The van der Waals surface area contributed by atoms with Crippen LogP contribution in [0, 0.1) is 0 Å². The molecule has 0 saturated heterocycles. The van der Waals surface area contributed by atoms with Gasteiger partial charge >= 0.3 is 0 Å². The van der Waals surface area contributed by atoms with Crippen LogP contribution in [0.2, 0.25) is 5.02 Å². The number of anilines is 2. The van der Waals surface area contributed by atoms with Gasteiger partial charge in [0.15, 0.2) is 5.78 Å². The first-order chi connectivity index (χ1) is 10.7. The van der Waals surface area contributed by atoms with Crippen LogP contribution < -0.4 is 5.32 Å². The lowest BCUT2D eigenvalue weighted by Crippen LogP contribution is -2.01. The topological polar surface area (TPSA) is 29.1 Å². The summed E-state index contributed by atoms with van der Waals surface area (Å²) in [4.78, 5) is 12.3. The summed E-state index contributed by atoms with van der Waals surface area (Å²) >= 11 is 6.12. The van der Waals surface area contributed by atoms with Crippen molar-refractivity contribution in [3.63, 3.8) is 0 Å². The van der Waals surface area contributed by atoms with E-state index in [0.29, 0.717) is 16.1 Å². The smallest absolute Gasteiger partial charge is 0.193 e. The maximum atomic E-state index is 12.3. The Labute approximate surface area is 134 Å². The van der Waals surface area contributed by atoms with Gasteiger partial charge in [-0.25, -0.2) is 0 Å². The maximum absolute atomic E-state index is 12.3. The van der Waals surface area contributed by atoms with Gasteiger partial charge in [0.1, 0.15) is 0 Å². The molecule has 0 heterocycles. The van der Waals surface area contributed by atoms with Crippen molar-refractivity contribution in [2.75, 3.05) is 5.32 Å². The van der Waals surface area contributed by atoms with Gasteiger partial charge in [0.05, 0.1) is 10.7 Å². The first kappa shape index (κ1) is 14.4.